The molecule has 0 aliphatic carbocycles. The molecule has 0 bridgehead atoms. The van der Waals surface area contributed by atoms with Crippen molar-refractivity contribution in [1.82, 2.24) is 4.90 Å². The highest BCUT2D eigenvalue weighted by Gasteiger charge is 2.24. The molecule has 0 unspecified atom stereocenters. The lowest BCUT2D eigenvalue weighted by Gasteiger charge is -2.31. The first-order valence-corrected chi connectivity index (χ1v) is 8.83. The first kappa shape index (κ1) is 17.2. The molecule has 2 amide bonds. The second kappa shape index (κ2) is 7.97. The van der Waals surface area contributed by atoms with Gasteiger partial charge in [0.05, 0.1) is 0 Å². The van der Waals surface area contributed by atoms with Crippen LogP contribution in [-0.4, -0.2) is 36.3 Å². The lowest BCUT2D eigenvalue weighted by Crippen LogP contribution is -2.44. The van der Waals surface area contributed by atoms with E-state index in [4.69, 9.17) is 0 Å². The Labute approximate surface area is 149 Å². The van der Waals surface area contributed by atoms with Crippen molar-refractivity contribution in [1.29, 1.82) is 0 Å². The number of hydrogen-bond donors (Lipinski definition) is 0. The number of nitrogens with zero attached hydrogens (tertiary/aromatic N) is 2. The highest BCUT2D eigenvalue weighted by Crippen LogP contribution is 2.26. The quantitative estimate of drug-likeness (QED) is 0.842. The predicted octanol–water partition coefficient (Wildman–Crippen LogP) is 3.06. The zero-order chi connectivity index (χ0) is 17.6. The summed E-state index contributed by atoms with van der Waals surface area (Å²) >= 11 is 0. The first-order chi connectivity index (χ1) is 12.1. The van der Waals surface area contributed by atoms with Gasteiger partial charge < -0.3 is 9.80 Å². The van der Waals surface area contributed by atoms with Gasteiger partial charge in [0.25, 0.3) is 0 Å². The molecule has 0 fully saturated rings. The van der Waals surface area contributed by atoms with Crippen molar-refractivity contribution in [2.45, 2.75) is 26.2 Å². The molecule has 0 spiro atoms. The third-order valence-electron chi connectivity index (χ3n) is 4.70. The molecule has 2 aromatic rings. The number of anilines is 1. The predicted molar refractivity (Wildman–Crippen MR) is 99.5 cm³/mol. The highest BCUT2D eigenvalue weighted by molar-refractivity contribution is 5.97. The molecule has 0 atom stereocenters. The third kappa shape index (κ3) is 4.27. The van der Waals surface area contributed by atoms with E-state index < -0.39 is 0 Å². The maximum absolute atomic E-state index is 12.8. The first-order valence-electron chi connectivity index (χ1n) is 8.83. The standard InChI is InChI=1S/C21H24N2O2/c1-17(24)22(15-13-18-8-3-2-4-9-18)16-21(25)23-14-7-11-19-10-5-6-12-20(19)23/h2-6,8-10,12H,7,11,13-16H2,1H3. The molecule has 0 saturated heterocycles. The van der Waals surface area contributed by atoms with Gasteiger partial charge in [-0.1, -0.05) is 48.5 Å². The third-order valence-corrected chi connectivity index (χ3v) is 4.70. The van der Waals surface area contributed by atoms with Crippen LogP contribution in [0.2, 0.25) is 0 Å². The van der Waals surface area contributed by atoms with Gasteiger partial charge >= 0.3 is 0 Å². The van der Waals surface area contributed by atoms with E-state index in [-0.39, 0.29) is 18.4 Å². The smallest absolute Gasteiger partial charge is 0.246 e. The van der Waals surface area contributed by atoms with Crippen LogP contribution in [0.4, 0.5) is 5.69 Å². The number of aryl methyl sites for hydroxylation is 1. The molecule has 1 aliphatic rings. The Kier molecular flexibility index (Phi) is 5.49. The summed E-state index contributed by atoms with van der Waals surface area (Å²) in [5, 5.41) is 0. The molecule has 3 rings (SSSR count). The van der Waals surface area contributed by atoms with Gasteiger partial charge in [-0.3, -0.25) is 9.59 Å². The van der Waals surface area contributed by atoms with Crippen LogP contribution in [-0.2, 0) is 22.4 Å². The Bertz CT molecular complexity index is 743. The number of carbonyl (C=O) groups excluding carboxylic acids is 2. The monoisotopic (exact) mass is 336 g/mol. The van der Waals surface area contributed by atoms with Gasteiger partial charge in [0, 0.05) is 25.7 Å². The van der Waals surface area contributed by atoms with E-state index in [2.05, 4.69) is 6.07 Å². The van der Waals surface area contributed by atoms with E-state index in [1.165, 1.54) is 18.1 Å². The van der Waals surface area contributed by atoms with Crippen molar-refractivity contribution in [3.63, 3.8) is 0 Å². The van der Waals surface area contributed by atoms with Crippen LogP contribution in [0, 0.1) is 0 Å². The van der Waals surface area contributed by atoms with Crippen molar-refractivity contribution in [3.05, 3.63) is 65.7 Å². The molecule has 130 valence electrons. The summed E-state index contributed by atoms with van der Waals surface area (Å²) in [7, 11) is 0. The van der Waals surface area contributed by atoms with Crippen LogP contribution in [0.15, 0.2) is 54.6 Å². The summed E-state index contributed by atoms with van der Waals surface area (Å²) in [5.74, 6) is -0.0648. The fraction of sp³-hybridized carbons (Fsp3) is 0.333. The van der Waals surface area contributed by atoms with Gasteiger partial charge in [-0.05, 0) is 36.5 Å². The molecule has 0 radical (unpaired) electrons. The van der Waals surface area contributed by atoms with E-state index in [1.807, 2.05) is 53.4 Å². The lowest BCUT2D eigenvalue weighted by molar-refractivity contribution is -0.133. The average Bonchev–Trinajstić information content (AvgIpc) is 2.65. The van der Waals surface area contributed by atoms with Crippen LogP contribution in [0.5, 0.6) is 0 Å². The minimum atomic E-state index is -0.0606. The van der Waals surface area contributed by atoms with Crippen LogP contribution in [0.3, 0.4) is 0 Å². The second-order valence-electron chi connectivity index (χ2n) is 6.45. The normalized spacial score (nSPS) is 13.2. The fourth-order valence-corrected chi connectivity index (χ4v) is 3.30. The van der Waals surface area contributed by atoms with Crippen LogP contribution < -0.4 is 4.90 Å². The van der Waals surface area contributed by atoms with Crippen LogP contribution in [0.1, 0.15) is 24.5 Å². The second-order valence-corrected chi connectivity index (χ2v) is 6.45. The van der Waals surface area contributed by atoms with Crippen molar-refractivity contribution in [3.8, 4) is 0 Å². The van der Waals surface area contributed by atoms with E-state index in [9.17, 15) is 9.59 Å². The molecule has 1 aliphatic heterocycles. The van der Waals surface area contributed by atoms with E-state index in [0.717, 1.165) is 31.5 Å². The zero-order valence-electron chi connectivity index (χ0n) is 14.6. The number of hydrogen-bond acceptors (Lipinski definition) is 2. The largest absolute Gasteiger partial charge is 0.333 e. The molecule has 0 N–H and O–H groups in total. The Morgan fingerprint density at radius 1 is 1.04 bits per heavy atom. The number of rotatable bonds is 5. The number of fused-ring (bicyclic) bond motifs is 1. The van der Waals surface area contributed by atoms with Gasteiger partial charge in [0.15, 0.2) is 0 Å². The SMILES string of the molecule is CC(=O)N(CCc1ccccc1)CC(=O)N1CCCc2ccccc21. The maximum atomic E-state index is 12.8. The minimum absolute atomic E-state index is 0.00425. The summed E-state index contributed by atoms with van der Waals surface area (Å²) in [6.07, 6.45) is 2.72. The van der Waals surface area contributed by atoms with Crippen molar-refractivity contribution >= 4 is 17.5 Å². The van der Waals surface area contributed by atoms with Gasteiger partial charge in [-0.25, -0.2) is 0 Å². The summed E-state index contributed by atoms with van der Waals surface area (Å²) < 4.78 is 0. The summed E-state index contributed by atoms with van der Waals surface area (Å²) in [6, 6.07) is 18.1. The topological polar surface area (TPSA) is 40.6 Å². The van der Waals surface area contributed by atoms with Gasteiger partial charge in [0.2, 0.25) is 11.8 Å². The van der Waals surface area contributed by atoms with E-state index in [0.29, 0.717) is 6.54 Å². The summed E-state index contributed by atoms with van der Waals surface area (Å²) in [4.78, 5) is 28.3. The van der Waals surface area contributed by atoms with Crippen LogP contribution >= 0.6 is 0 Å². The molecule has 4 heteroatoms. The van der Waals surface area contributed by atoms with Gasteiger partial charge in [-0.2, -0.15) is 0 Å². The van der Waals surface area contributed by atoms with Gasteiger partial charge in [-0.15, -0.1) is 0 Å². The molecule has 2 aromatic carbocycles. The Balaban J connectivity index is 1.66. The number of para-hydroxylation sites is 1. The molecule has 0 saturated carbocycles. The van der Waals surface area contributed by atoms with E-state index in [1.54, 1.807) is 4.90 Å². The van der Waals surface area contributed by atoms with Crippen molar-refractivity contribution in [2.24, 2.45) is 0 Å². The Morgan fingerprint density at radius 2 is 1.76 bits per heavy atom. The van der Waals surface area contributed by atoms with Gasteiger partial charge in [0.1, 0.15) is 6.54 Å². The maximum Gasteiger partial charge on any atom is 0.246 e. The van der Waals surface area contributed by atoms with Crippen LogP contribution in [0.25, 0.3) is 0 Å². The number of amides is 2. The van der Waals surface area contributed by atoms with E-state index >= 15 is 0 Å². The fourth-order valence-electron chi connectivity index (χ4n) is 3.30. The lowest BCUT2D eigenvalue weighted by atomic mass is 10.0. The molecule has 1 heterocycles. The average molecular weight is 336 g/mol. The Hall–Kier alpha value is -2.62. The summed E-state index contributed by atoms with van der Waals surface area (Å²) in [5.41, 5.74) is 3.37. The molecule has 25 heavy (non-hydrogen) atoms. The zero-order valence-corrected chi connectivity index (χ0v) is 14.6. The molecular weight excluding hydrogens is 312 g/mol. The highest BCUT2D eigenvalue weighted by atomic mass is 16.2. The minimum Gasteiger partial charge on any atom is -0.333 e. The van der Waals surface area contributed by atoms with Crippen molar-refractivity contribution < 1.29 is 9.59 Å². The molecular formula is C21H24N2O2. The molecule has 0 aromatic heterocycles. The van der Waals surface area contributed by atoms with Crippen molar-refractivity contribution in [2.75, 3.05) is 24.5 Å². The number of carbonyl (C=O) groups is 2. The Morgan fingerprint density at radius 3 is 2.52 bits per heavy atom. The molecule has 4 nitrogen and oxygen atoms in total. The number of benzene rings is 2. The summed E-state index contributed by atoms with van der Waals surface area (Å²) in [6.45, 7) is 2.94.